The number of imidazole rings is 1. The van der Waals surface area contributed by atoms with Gasteiger partial charge in [0.2, 0.25) is 5.95 Å². The van der Waals surface area contributed by atoms with Crippen LogP contribution in [0.1, 0.15) is 20.8 Å². The molecule has 0 aliphatic rings. The number of hydrogen-bond acceptors (Lipinski definition) is 8. The number of ether oxygens (including phenoxy) is 1. The van der Waals surface area contributed by atoms with Crippen LogP contribution in [-0.2, 0) is 9.84 Å². The number of hydrogen-bond donors (Lipinski definition) is 3. The number of methoxy groups -OCH3 is 1. The number of aromatic nitrogens is 3. The van der Waals surface area contributed by atoms with Crippen LogP contribution < -0.4 is 10.1 Å². The molecule has 0 bridgehead atoms. The molecule has 3 aromatic rings. The van der Waals surface area contributed by atoms with Crippen molar-refractivity contribution in [3.63, 3.8) is 0 Å². The first-order chi connectivity index (χ1) is 14.5. The van der Waals surface area contributed by atoms with E-state index in [0.29, 0.717) is 16.9 Å². The van der Waals surface area contributed by atoms with Gasteiger partial charge in [-0.05, 0) is 26.8 Å². The number of aliphatic hydroxyl groups excluding tert-OH is 2. The monoisotopic (exact) mass is 452 g/mol. The van der Waals surface area contributed by atoms with Crippen LogP contribution in [0, 0.1) is 5.95 Å². The predicted octanol–water partition coefficient (Wildman–Crippen LogP) is 1.88. The van der Waals surface area contributed by atoms with Crippen LogP contribution in [-0.4, -0.2) is 64.1 Å². The summed E-state index contributed by atoms with van der Waals surface area (Å²) in [6.07, 6.45) is 1.88. The second kappa shape index (κ2) is 8.40. The highest BCUT2D eigenvalue weighted by Gasteiger charge is 2.34. The summed E-state index contributed by atoms with van der Waals surface area (Å²) >= 11 is 0. The number of sulfone groups is 1. The molecule has 0 saturated heterocycles. The summed E-state index contributed by atoms with van der Waals surface area (Å²) in [5.41, 5.74) is 1.25. The van der Waals surface area contributed by atoms with Crippen LogP contribution in [0.2, 0.25) is 0 Å². The van der Waals surface area contributed by atoms with Crippen LogP contribution in [0.3, 0.4) is 0 Å². The molecule has 3 aromatic heterocycles. The van der Waals surface area contributed by atoms with E-state index in [1.54, 1.807) is 31.2 Å². The molecule has 0 fully saturated rings. The standard InChI is InChI=1S/C20H25FN4O5S/c1-20(2,3)31(28,29)16-10-25-14(9-23-19(25)7-15(16)30-4)12-5-17(21)24-18(6-12)22-8-13(27)11-26/h5-7,9-10,13,26-27H,8,11H2,1-4H3,(H,22,24)/t13-/m0/s1. The second-order valence-corrected chi connectivity index (χ2v) is 10.6. The third-order valence-corrected chi connectivity index (χ3v) is 7.21. The minimum Gasteiger partial charge on any atom is -0.495 e. The molecule has 1 atom stereocenters. The Kier molecular flexibility index (Phi) is 6.21. The summed E-state index contributed by atoms with van der Waals surface area (Å²) in [4.78, 5) is 8.01. The Morgan fingerprint density at radius 1 is 1.29 bits per heavy atom. The number of pyridine rings is 2. The van der Waals surface area contributed by atoms with Crippen LogP contribution in [0.5, 0.6) is 5.75 Å². The average Bonchev–Trinajstić information content (AvgIpc) is 3.12. The largest absolute Gasteiger partial charge is 0.495 e. The van der Waals surface area contributed by atoms with Crippen LogP contribution >= 0.6 is 0 Å². The van der Waals surface area contributed by atoms with E-state index in [1.165, 1.54) is 31.6 Å². The van der Waals surface area contributed by atoms with Gasteiger partial charge in [0, 0.05) is 30.4 Å². The highest BCUT2D eigenvalue weighted by molar-refractivity contribution is 7.92. The summed E-state index contributed by atoms with van der Waals surface area (Å²) in [7, 11) is -2.37. The summed E-state index contributed by atoms with van der Waals surface area (Å²) < 4.78 is 46.1. The maximum absolute atomic E-state index is 14.2. The molecule has 0 saturated carbocycles. The Bertz CT molecular complexity index is 1200. The zero-order valence-electron chi connectivity index (χ0n) is 17.6. The third kappa shape index (κ3) is 4.48. The second-order valence-electron chi connectivity index (χ2n) is 7.97. The van der Waals surface area contributed by atoms with Crippen LogP contribution in [0.4, 0.5) is 10.2 Å². The van der Waals surface area contributed by atoms with Gasteiger partial charge in [0.15, 0.2) is 9.84 Å². The normalized spacial score (nSPS) is 13.4. The number of nitrogens with one attached hydrogen (secondary N) is 1. The van der Waals surface area contributed by atoms with E-state index < -0.39 is 33.2 Å². The SMILES string of the molecule is COc1cc2ncc(-c3cc(F)nc(NC[C@H](O)CO)c3)n2cc1S(=O)(=O)C(C)(C)C. The molecule has 11 heteroatoms. The van der Waals surface area contributed by atoms with Crippen molar-refractivity contribution in [1.82, 2.24) is 14.4 Å². The summed E-state index contributed by atoms with van der Waals surface area (Å²) in [5, 5.41) is 21.2. The van der Waals surface area contributed by atoms with Gasteiger partial charge >= 0.3 is 0 Å². The Balaban J connectivity index is 2.15. The summed E-state index contributed by atoms with van der Waals surface area (Å²) in [6, 6.07) is 4.24. The molecule has 0 spiro atoms. The highest BCUT2D eigenvalue weighted by Crippen LogP contribution is 2.34. The minimum atomic E-state index is -3.75. The van der Waals surface area contributed by atoms with Gasteiger partial charge in [-0.1, -0.05) is 0 Å². The molecule has 3 heterocycles. The lowest BCUT2D eigenvalue weighted by atomic mass is 10.2. The molecule has 0 aliphatic carbocycles. The molecule has 0 aromatic carbocycles. The molecule has 3 rings (SSSR count). The molecule has 31 heavy (non-hydrogen) atoms. The maximum atomic E-state index is 14.2. The van der Waals surface area contributed by atoms with Gasteiger partial charge in [0.1, 0.15) is 22.1 Å². The molecule has 0 aliphatic heterocycles. The summed E-state index contributed by atoms with van der Waals surface area (Å²) in [5.74, 6) is -0.459. The molecule has 0 unspecified atom stereocenters. The fourth-order valence-electron chi connectivity index (χ4n) is 2.91. The van der Waals surface area contributed by atoms with Gasteiger partial charge in [-0.25, -0.2) is 18.4 Å². The quantitative estimate of drug-likeness (QED) is 0.464. The van der Waals surface area contributed by atoms with Crippen molar-refractivity contribution in [2.24, 2.45) is 0 Å². The molecule has 168 valence electrons. The predicted molar refractivity (Wildman–Crippen MR) is 113 cm³/mol. The lowest BCUT2D eigenvalue weighted by molar-refractivity contribution is 0.105. The topological polar surface area (TPSA) is 126 Å². The number of nitrogens with zero attached hydrogens (tertiary/aromatic N) is 3. The van der Waals surface area contributed by atoms with Crippen LogP contribution in [0.15, 0.2) is 35.5 Å². The first-order valence-electron chi connectivity index (χ1n) is 9.48. The van der Waals surface area contributed by atoms with Crippen molar-refractivity contribution >= 4 is 21.3 Å². The van der Waals surface area contributed by atoms with E-state index >= 15 is 0 Å². The zero-order chi connectivity index (χ0) is 23.0. The molecule has 0 radical (unpaired) electrons. The maximum Gasteiger partial charge on any atom is 0.215 e. The van der Waals surface area contributed by atoms with Crippen LogP contribution in [0.25, 0.3) is 16.9 Å². The lowest BCUT2D eigenvalue weighted by Gasteiger charge is -2.21. The fraction of sp³-hybridized carbons (Fsp3) is 0.400. The van der Waals surface area contributed by atoms with Crippen molar-refractivity contribution < 1.29 is 27.8 Å². The third-order valence-electron chi connectivity index (χ3n) is 4.71. The highest BCUT2D eigenvalue weighted by atomic mass is 32.2. The molecule has 3 N–H and O–H groups in total. The number of anilines is 1. The minimum absolute atomic E-state index is 0.00630. The van der Waals surface area contributed by atoms with E-state index in [-0.39, 0.29) is 23.0 Å². The molecule has 9 nitrogen and oxygen atoms in total. The first kappa shape index (κ1) is 22.9. The fourth-order valence-corrected chi connectivity index (χ4v) is 4.22. The number of fused-ring (bicyclic) bond motifs is 1. The Morgan fingerprint density at radius 3 is 2.61 bits per heavy atom. The van der Waals surface area contributed by atoms with Crippen molar-refractivity contribution in [2.45, 2.75) is 36.5 Å². The van der Waals surface area contributed by atoms with E-state index in [9.17, 15) is 17.9 Å². The van der Waals surface area contributed by atoms with Gasteiger partial charge in [-0.2, -0.15) is 4.39 Å². The zero-order valence-corrected chi connectivity index (χ0v) is 18.4. The summed E-state index contributed by atoms with van der Waals surface area (Å²) in [6.45, 7) is 4.31. The van der Waals surface area contributed by atoms with Crippen molar-refractivity contribution in [3.8, 4) is 17.0 Å². The van der Waals surface area contributed by atoms with Gasteiger partial charge < -0.3 is 20.3 Å². The number of aliphatic hydroxyl groups is 2. The van der Waals surface area contributed by atoms with Gasteiger partial charge in [-0.3, -0.25) is 4.40 Å². The van der Waals surface area contributed by atoms with E-state index in [4.69, 9.17) is 9.84 Å². The molecular weight excluding hydrogens is 427 g/mol. The average molecular weight is 453 g/mol. The number of halogens is 1. The van der Waals surface area contributed by atoms with Gasteiger partial charge in [-0.15, -0.1) is 0 Å². The van der Waals surface area contributed by atoms with E-state index in [2.05, 4.69) is 15.3 Å². The van der Waals surface area contributed by atoms with Crippen molar-refractivity contribution in [3.05, 3.63) is 36.5 Å². The van der Waals surface area contributed by atoms with E-state index in [1.807, 2.05) is 0 Å². The molecular formula is C20H25FN4O5S. The number of rotatable bonds is 7. The lowest BCUT2D eigenvalue weighted by Crippen LogP contribution is -2.28. The van der Waals surface area contributed by atoms with Gasteiger partial charge in [0.25, 0.3) is 0 Å². The van der Waals surface area contributed by atoms with Crippen molar-refractivity contribution in [1.29, 1.82) is 0 Å². The Labute approximate surface area is 179 Å². The first-order valence-corrected chi connectivity index (χ1v) is 11.0. The van der Waals surface area contributed by atoms with E-state index in [0.717, 1.165) is 0 Å². The van der Waals surface area contributed by atoms with Gasteiger partial charge in [0.05, 0.1) is 36.5 Å². The molecule has 0 amide bonds. The Hall–Kier alpha value is -2.76. The van der Waals surface area contributed by atoms with Crippen molar-refractivity contribution in [2.75, 3.05) is 25.6 Å². The Morgan fingerprint density at radius 2 is 2.00 bits per heavy atom. The smallest absolute Gasteiger partial charge is 0.215 e.